The molecule has 0 atom stereocenters. The summed E-state index contributed by atoms with van der Waals surface area (Å²) in [6.45, 7) is 1.43. The molecule has 0 saturated heterocycles. The van der Waals surface area contributed by atoms with Gasteiger partial charge < -0.3 is 10.6 Å². The summed E-state index contributed by atoms with van der Waals surface area (Å²) in [6.07, 6.45) is 7.51. The SMILES string of the molecule is CC(=O)Nc1cccc(C(=O)Nc2cc(CC3CCCCC3)[nH]n2)c1. The number of H-pyrrole nitrogens is 1. The van der Waals surface area contributed by atoms with Crippen LogP contribution in [0.1, 0.15) is 55.1 Å². The number of amides is 2. The maximum atomic E-state index is 12.4. The van der Waals surface area contributed by atoms with Crippen molar-refractivity contribution in [3.05, 3.63) is 41.6 Å². The van der Waals surface area contributed by atoms with Crippen LogP contribution in [0.15, 0.2) is 30.3 Å². The molecule has 132 valence electrons. The summed E-state index contributed by atoms with van der Waals surface area (Å²) in [5, 5.41) is 12.7. The second-order valence-corrected chi connectivity index (χ2v) is 6.70. The first-order chi connectivity index (χ1) is 12.1. The van der Waals surface area contributed by atoms with Gasteiger partial charge in [0.1, 0.15) is 0 Å². The van der Waals surface area contributed by atoms with Gasteiger partial charge in [-0.25, -0.2) is 0 Å². The van der Waals surface area contributed by atoms with E-state index in [1.165, 1.54) is 39.0 Å². The van der Waals surface area contributed by atoms with Gasteiger partial charge in [0, 0.05) is 29.9 Å². The Kier molecular flexibility index (Phi) is 5.48. The molecule has 0 unspecified atom stereocenters. The molecule has 1 saturated carbocycles. The van der Waals surface area contributed by atoms with Gasteiger partial charge >= 0.3 is 0 Å². The molecule has 6 heteroatoms. The Morgan fingerprint density at radius 3 is 2.72 bits per heavy atom. The van der Waals surface area contributed by atoms with Crippen molar-refractivity contribution < 1.29 is 9.59 Å². The summed E-state index contributed by atoms with van der Waals surface area (Å²) in [4.78, 5) is 23.5. The largest absolute Gasteiger partial charge is 0.326 e. The van der Waals surface area contributed by atoms with Crippen LogP contribution in [0.5, 0.6) is 0 Å². The smallest absolute Gasteiger partial charge is 0.256 e. The average Bonchev–Trinajstić information content (AvgIpc) is 3.02. The lowest BCUT2D eigenvalue weighted by molar-refractivity contribution is -0.114. The predicted octanol–water partition coefficient (Wildman–Crippen LogP) is 3.74. The highest BCUT2D eigenvalue weighted by molar-refractivity contribution is 6.04. The van der Waals surface area contributed by atoms with E-state index in [4.69, 9.17) is 0 Å². The molecule has 0 aliphatic heterocycles. The fourth-order valence-corrected chi connectivity index (χ4v) is 3.36. The molecule has 1 fully saturated rings. The molecule has 25 heavy (non-hydrogen) atoms. The molecule has 0 radical (unpaired) electrons. The Labute approximate surface area is 147 Å². The summed E-state index contributed by atoms with van der Waals surface area (Å²) < 4.78 is 0. The van der Waals surface area contributed by atoms with Crippen molar-refractivity contribution in [2.75, 3.05) is 10.6 Å². The van der Waals surface area contributed by atoms with E-state index in [2.05, 4.69) is 20.8 Å². The third-order valence-corrected chi connectivity index (χ3v) is 4.55. The normalized spacial score (nSPS) is 14.9. The van der Waals surface area contributed by atoms with Crippen molar-refractivity contribution in [2.45, 2.75) is 45.4 Å². The lowest BCUT2D eigenvalue weighted by atomic mass is 9.86. The number of carbonyl (C=O) groups excluding carboxylic acids is 2. The molecule has 3 rings (SSSR count). The van der Waals surface area contributed by atoms with Crippen LogP contribution in [0.25, 0.3) is 0 Å². The average molecular weight is 340 g/mol. The second-order valence-electron chi connectivity index (χ2n) is 6.70. The molecule has 2 aromatic rings. The van der Waals surface area contributed by atoms with E-state index in [1.54, 1.807) is 24.3 Å². The van der Waals surface area contributed by atoms with E-state index in [0.717, 1.165) is 12.1 Å². The van der Waals surface area contributed by atoms with Gasteiger partial charge in [-0.1, -0.05) is 38.2 Å². The Morgan fingerprint density at radius 1 is 1.16 bits per heavy atom. The maximum Gasteiger partial charge on any atom is 0.256 e. The summed E-state index contributed by atoms with van der Waals surface area (Å²) in [5.74, 6) is 0.827. The number of hydrogen-bond acceptors (Lipinski definition) is 3. The van der Waals surface area contributed by atoms with Gasteiger partial charge in [-0.15, -0.1) is 0 Å². The molecule has 1 aliphatic carbocycles. The first-order valence-electron chi connectivity index (χ1n) is 8.83. The number of nitrogens with zero attached hydrogens (tertiary/aromatic N) is 1. The topological polar surface area (TPSA) is 86.9 Å². The maximum absolute atomic E-state index is 12.4. The predicted molar refractivity (Wildman–Crippen MR) is 97.6 cm³/mol. The lowest BCUT2D eigenvalue weighted by Crippen LogP contribution is -2.13. The van der Waals surface area contributed by atoms with Crippen LogP contribution in [0.3, 0.4) is 0 Å². The summed E-state index contributed by atoms with van der Waals surface area (Å²) in [6, 6.07) is 8.74. The van der Waals surface area contributed by atoms with Gasteiger partial charge in [0.25, 0.3) is 5.91 Å². The molecule has 2 amide bonds. The van der Waals surface area contributed by atoms with Crippen molar-refractivity contribution in [3.63, 3.8) is 0 Å². The van der Waals surface area contributed by atoms with Crippen LogP contribution in [-0.2, 0) is 11.2 Å². The van der Waals surface area contributed by atoms with Gasteiger partial charge in [0.2, 0.25) is 5.91 Å². The zero-order chi connectivity index (χ0) is 17.6. The monoisotopic (exact) mass is 340 g/mol. The quantitative estimate of drug-likeness (QED) is 0.775. The van der Waals surface area contributed by atoms with Crippen molar-refractivity contribution in [1.82, 2.24) is 10.2 Å². The molecule has 1 aliphatic rings. The van der Waals surface area contributed by atoms with Gasteiger partial charge in [0.05, 0.1) is 0 Å². The summed E-state index contributed by atoms with van der Waals surface area (Å²) in [5.41, 5.74) is 2.14. The molecular formula is C19H24N4O2. The van der Waals surface area contributed by atoms with Crippen molar-refractivity contribution in [2.24, 2.45) is 5.92 Å². The van der Waals surface area contributed by atoms with E-state index in [1.807, 2.05) is 6.07 Å². The zero-order valence-corrected chi connectivity index (χ0v) is 14.5. The van der Waals surface area contributed by atoms with Gasteiger partial charge in [0.15, 0.2) is 5.82 Å². The first-order valence-corrected chi connectivity index (χ1v) is 8.83. The number of aromatic nitrogens is 2. The minimum Gasteiger partial charge on any atom is -0.326 e. The first kappa shape index (κ1) is 17.2. The van der Waals surface area contributed by atoms with E-state index >= 15 is 0 Å². The van der Waals surface area contributed by atoms with Crippen molar-refractivity contribution in [1.29, 1.82) is 0 Å². The van der Waals surface area contributed by atoms with Crippen molar-refractivity contribution in [3.8, 4) is 0 Å². The van der Waals surface area contributed by atoms with E-state index in [0.29, 0.717) is 23.0 Å². The fraction of sp³-hybridized carbons (Fsp3) is 0.421. The van der Waals surface area contributed by atoms with Crippen molar-refractivity contribution >= 4 is 23.3 Å². The van der Waals surface area contributed by atoms with Crippen LogP contribution in [0, 0.1) is 5.92 Å². The van der Waals surface area contributed by atoms with E-state index < -0.39 is 0 Å². The second kappa shape index (κ2) is 7.96. The number of carbonyl (C=O) groups is 2. The third kappa shape index (κ3) is 4.92. The number of benzene rings is 1. The number of rotatable bonds is 5. The van der Waals surface area contributed by atoms with Gasteiger partial charge in [-0.3, -0.25) is 14.7 Å². The Hall–Kier alpha value is -2.63. The highest BCUT2D eigenvalue weighted by Gasteiger charge is 2.16. The van der Waals surface area contributed by atoms with E-state index in [-0.39, 0.29) is 11.8 Å². The summed E-state index contributed by atoms with van der Waals surface area (Å²) >= 11 is 0. The van der Waals surface area contributed by atoms with Crippen LogP contribution >= 0.6 is 0 Å². The minimum atomic E-state index is -0.247. The molecule has 0 spiro atoms. The number of nitrogens with one attached hydrogen (secondary N) is 3. The van der Waals surface area contributed by atoms with Gasteiger partial charge in [-0.05, 0) is 30.5 Å². The van der Waals surface area contributed by atoms with Crippen LogP contribution in [0.4, 0.5) is 11.5 Å². The van der Waals surface area contributed by atoms with Crippen LogP contribution < -0.4 is 10.6 Å². The Balaban J connectivity index is 1.60. The fourth-order valence-electron chi connectivity index (χ4n) is 3.36. The molecule has 1 aromatic heterocycles. The summed E-state index contributed by atoms with van der Waals surface area (Å²) in [7, 11) is 0. The number of aromatic amines is 1. The molecule has 1 heterocycles. The zero-order valence-electron chi connectivity index (χ0n) is 14.5. The highest BCUT2D eigenvalue weighted by Crippen LogP contribution is 2.26. The molecule has 6 nitrogen and oxygen atoms in total. The van der Waals surface area contributed by atoms with Crippen LogP contribution in [-0.4, -0.2) is 22.0 Å². The van der Waals surface area contributed by atoms with E-state index in [9.17, 15) is 9.59 Å². The number of hydrogen-bond donors (Lipinski definition) is 3. The molecule has 3 N–H and O–H groups in total. The van der Waals surface area contributed by atoms with Crippen LogP contribution in [0.2, 0.25) is 0 Å². The number of anilines is 2. The highest BCUT2D eigenvalue weighted by atomic mass is 16.2. The Bertz CT molecular complexity index is 747. The third-order valence-electron chi connectivity index (χ3n) is 4.55. The molecular weight excluding hydrogens is 316 g/mol. The Morgan fingerprint density at radius 2 is 1.96 bits per heavy atom. The van der Waals surface area contributed by atoms with Gasteiger partial charge in [-0.2, -0.15) is 5.10 Å². The molecule has 1 aromatic carbocycles. The minimum absolute atomic E-state index is 0.169. The lowest BCUT2D eigenvalue weighted by Gasteiger charge is -2.20. The standard InChI is InChI=1S/C19H24N4O2/c1-13(24)20-16-9-5-8-15(11-16)19(25)21-18-12-17(22-23-18)10-14-6-3-2-4-7-14/h5,8-9,11-12,14H,2-4,6-7,10H2,1H3,(H,20,24)(H2,21,22,23,25). The molecule has 0 bridgehead atoms.